The molecule has 2 atom stereocenters. The maximum atomic E-state index is 10.8. The molecule has 0 amide bonds. The summed E-state index contributed by atoms with van der Waals surface area (Å²) in [6, 6.07) is 33.2. The highest BCUT2D eigenvalue weighted by atomic mass is 16.3. The minimum absolute atomic E-state index is 0.0181. The first-order valence-electron chi connectivity index (χ1n) is 11.0. The molecule has 0 radical (unpaired) electrons. The summed E-state index contributed by atoms with van der Waals surface area (Å²) >= 11 is 0. The van der Waals surface area contributed by atoms with Gasteiger partial charge in [-0.2, -0.15) is 0 Å². The van der Waals surface area contributed by atoms with Gasteiger partial charge in [0.1, 0.15) is 5.75 Å². The molecule has 0 aliphatic rings. The van der Waals surface area contributed by atoms with E-state index in [0.29, 0.717) is 5.75 Å². The Bertz CT molecular complexity index is 1100. The lowest BCUT2D eigenvalue weighted by Gasteiger charge is -2.26. The molecule has 3 heteroatoms. The Morgan fingerprint density at radius 2 is 1.26 bits per heavy atom. The van der Waals surface area contributed by atoms with Gasteiger partial charge in [-0.1, -0.05) is 91.0 Å². The number of fused-ring (bicyclic) bond motifs is 1. The molecule has 0 saturated carbocycles. The monoisotopic (exact) mass is 410 g/mol. The van der Waals surface area contributed by atoms with Crippen molar-refractivity contribution >= 4 is 10.8 Å². The van der Waals surface area contributed by atoms with E-state index in [1.165, 1.54) is 11.1 Å². The van der Waals surface area contributed by atoms with Gasteiger partial charge in [-0.05, 0) is 41.3 Å². The van der Waals surface area contributed by atoms with Crippen LogP contribution in [-0.2, 0) is 13.1 Å². The van der Waals surface area contributed by atoms with Crippen LogP contribution in [0.25, 0.3) is 10.8 Å². The van der Waals surface area contributed by atoms with E-state index < -0.39 is 0 Å². The molecule has 3 nitrogen and oxygen atoms in total. The minimum Gasteiger partial charge on any atom is -0.508 e. The summed E-state index contributed by atoms with van der Waals surface area (Å²) in [6.07, 6.45) is 0.862. The predicted molar refractivity (Wildman–Crippen MR) is 129 cm³/mol. The molecule has 0 spiro atoms. The van der Waals surface area contributed by atoms with Gasteiger partial charge in [-0.25, -0.2) is 0 Å². The highest BCUT2D eigenvalue weighted by Gasteiger charge is 2.20. The summed E-state index contributed by atoms with van der Waals surface area (Å²) in [7, 11) is 0. The largest absolute Gasteiger partial charge is 0.508 e. The topological polar surface area (TPSA) is 44.3 Å². The van der Waals surface area contributed by atoms with Crippen molar-refractivity contribution in [1.29, 1.82) is 0 Å². The van der Waals surface area contributed by atoms with Crippen molar-refractivity contribution in [1.82, 2.24) is 10.6 Å². The summed E-state index contributed by atoms with van der Waals surface area (Å²) in [6.45, 7) is 3.79. The summed E-state index contributed by atoms with van der Waals surface area (Å²) in [5.74, 6) is 0.347. The Morgan fingerprint density at radius 1 is 0.677 bits per heavy atom. The third kappa shape index (κ3) is 5.52. The molecule has 0 saturated heterocycles. The molecular formula is C28H30N2O. The Morgan fingerprint density at radius 3 is 1.94 bits per heavy atom. The maximum Gasteiger partial charge on any atom is 0.120 e. The lowest BCUT2D eigenvalue weighted by atomic mass is 9.93. The van der Waals surface area contributed by atoms with Crippen molar-refractivity contribution in [2.75, 3.05) is 0 Å². The second kappa shape index (κ2) is 10.3. The standard InChI is InChI=1S/C28H30N2O/c1-21(29-19-22-10-4-2-5-11-22)18-26(30-20-23-12-6-3-7-13-23)28-25-15-9-8-14-24(25)16-17-27(28)31/h2-17,21,26,29-31H,18-20H2,1H3/t21-,26-/m0/s1. The highest BCUT2D eigenvalue weighted by molar-refractivity contribution is 5.88. The van der Waals surface area contributed by atoms with Crippen LogP contribution in [0.1, 0.15) is 36.1 Å². The molecular weight excluding hydrogens is 380 g/mol. The Hall–Kier alpha value is -3.14. The number of hydrogen-bond acceptors (Lipinski definition) is 3. The first-order chi connectivity index (χ1) is 15.2. The molecule has 0 heterocycles. The summed E-state index contributed by atoms with van der Waals surface area (Å²) < 4.78 is 0. The number of nitrogens with one attached hydrogen (secondary N) is 2. The zero-order chi connectivity index (χ0) is 21.5. The number of phenolic OH excluding ortho intramolecular Hbond substituents is 1. The van der Waals surface area contributed by atoms with Crippen LogP contribution >= 0.6 is 0 Å². The van der Waals surface area contributed by atoms with Gasteiger partial charge in [0.25, 0.3) is 0 Å². The molecule has 3 N–H and O–H groups in total. The average molecular weight is 411 g/mol. The third-order valence-electron chi connectivity index (χ3n) is 5.78. The summed E-state index contributed by atoms with van der Waals surface area (Å²) in [5, 5.41) is 20.4. The molecule has 4 aromatic carbocycles. The average Bonchev–Trinajstić information content (AvgIpc) is 2.82. The van der Waals surface area contributed by atoms with Gasteiger partial charge in [0.15, 0.2) is 0 Å². The van der Waals surface area contributed by atoms with Crippen LogP contribution in [0.2, 0.25) is 0 Å². The van der Waals surface area contributed by atoms with E-state index in [1.54, 1.807) is 0 Å². The fourth-order valence-electron chi connectivity index (χ4n) is 4.12. The van der Waals surface area contributed by atoms with E-state index in [0.717, 1.165) is 35.8 Å². The van der Waals surface area contributed by atoms with Crippen molar-refractivity contribution in [3.05, 3.63) is 114 Å². The van der Waals surface area contributed by atoms with Gasteiger partial charge in [0, 0.05) is 30.7 Å². The zero-order valence-corrected chi connectivity index (χ0v) is 18.0. The zero-order valence-electron chi connectivity index (χ0n) is 18.0. The van der Waals surface area contributed by atoms with Gasteiger partial charge >= 0.3 is 0 Å². The molecule has 0 fully saturated rings. The van der Waals surface area contributed by atoms with E-state index >= 15 is 0 Å². The van der Waals surface area contributed by atoms with Crippen LogP contribution in [0.15, 0.2) is 97.1 Å². The van der Waals surface area contributed by atoms with Gasteiger partial charge < -0.3 is 15.7 Å². The number of hydrogen-bond donors (Lipinski definition) is 3. The van der Waals surface area contributed by atoms with Crippen LogP contribution in [-0.4, -0.2) is 11.1 Å². The van der Waals surface area contributed by atoms with Crippen molar-refractivity contribution in [2.24, 2.45) is 0 Å². The van der Waals surface area contributed by atoms with E-state index in [2.05, 4.69) is 78.2 Å². The lowest BCUT2D eigenvalue weighted by Crippen LogP contribution is -2.32. The van der Waals surface area contributed by atoms with Crippen molar-refractivity contribution in [3.63, 3.8) is 0 Å². The Labute approximate surface area is 184 Å². The van der Waals surface area contributed by atoms with E-state index in [9.17, 15) is 5.11 Å². The number of phenols is 1. The molecule has 4 rings (SSSR count). The number of benzene rings is 4. The SMILES string of the molecule is C[C@@H](C[C@H](NCc1ccccc1)c1c(O)ccc2ccccc12)NCc1ccccc1. The second-order valence-electron chi connectivity index (χ2n) is 8.14. The van der Waals surface area contributed by atoms with Gasteiger partial charge in [-0.3, -0.25) is 0 Å². The normalized spacial score (nSPS) is 13.2. The molecule has 0 unspecified atom stereocenters. The third-order valence-corrected chi connectivity index (χ3v) is 5.78. The van der Waals surface area contributed by atoms with Crippen molar-refractivity contribution < 1.29 is 5.11 Å². The van der Waals surface area contributed by atoms with Gasteiger partial charge in [-0.15, -0.1) is 0 Å². The Kier molecular flexibility index (Phi) is 6.98. The van der Waals surface area contributed by atoms with E-state index in [1.807, 2.05) is 36.4 Å². The number of aromatic hydroxyl groups is 1. The molecule has 0 aromatic heterocycles. The molecule has 0 aliphatic heterocycles. The molecule has 0 aliphatic carbocycles. The molecule has 158 valence electrons. The summed E-state index contributed by atoms with van der Waals surface area (Å²) in [5.41, 5.74) is 3.48. The van der Waals surface area contributed by atoms with E-state index in [4.69, 9.17) is 0 Å². The van der Waals surface area contributed by atoms with Crippen LogP contribution < -0.4 is 10.6 Å². The van der Waals surface area contributed by atoms with Gasteiger partial charge in [0.05, 0.1) is 0 Å². The summed E-state index contributed by atoms with van der Waals surface area (Å²) in [4.78, 5) is 0. The fourth-order valence-corrected chi connectivity index (χ4v) is 4.12. The van der Waals surface area contributed by atoms with E-state index in [-0.39, 0.29) is 12.1 Å². The fraction of sp³-hybridized carbons (Fsp3) is 0.214. The molecule has 0 bridgehead atoms. The van der Waals surface area contributed by atoms with Gasteiger partial charge in [0.2, 0.25) is 0 Å². The van der Waals surface area contributed by atoms with Crippen LogP contribution in [0, 0.1) is 0 Å². The van der Waals surface area contributed by atoms with Crippen molar-refractivity contribution in [3.8, 4) is 5.75 Å². The smallest absolute Gasteiger partial charge is 0.120 e. The second-order valence-corrected chi connectivity index (χ2v) is 8.14. The van der Waals surface area contributed by atoms with Crippen LogP contribution in [0.4, 0.5) is 0 Å². The van der Waals surface area contributed by atoms with Crippen LogP contribution in [0.3, 0.4) is 0 Å². The first kappa shape index (κ1) is 21.1. The molecule has 31 heavy (non-hydrogen) atoms. The highest BCUT2D eigenvalue weighted by Crippen LogP contribution is 2.34. The van der Waals surface area contributed by atoms with Crippen molar-refractivity contribution in [2.45, 2.75) is 38.5 Å². The lowest BCUT2D eigenvalue weighted by molar-refractivity contribution is 0.397. The minimum atomic E-state index is 0.0181. The predicted octanol–water partition coefficient (Wildman–Crippen LogP) is 5.94. The van der Waals surface area contributed by atoms with Crippen LogP contribution in [0.5, 0.6) is 5.75 Å². The maximum absolute atomic E-state index is 10.8. The Balaban J connectivity index is 1.56. The number of rotatable bonds is 9. The molecule has 4 aromatic rings. The first-order valence-corrected chi connectivity index (χ1v) is 11.0. The quantitative estimate of drug-likeness (QED) is 0.320.